The average Bonchev–Trinajstić information content (AvgIpc) is 2.49. The fourth-order valence-corrected chi connectivity index (χ4v) is 2.42. The maximum Gasteiger partial charge on any atom is 0.194 e. The Morgan fingerprint density at radius 2 is 2.15 bits per heavy atom. The minimum atomic E-state index is 0.693. The lowest BCUT2D eigenvalue weighted by Crippen LogP contribution is -2.43. The molecule has 20 heavy (non-hydrogen) atoms. The zero-order valence-electron chi connectivity index (χ0n) is 11.8. The van der Waals surface area contributed by atoms with Crippen LogP contribution in [0.2, 0.25) is 0 Å². The highest BCUT2D eigenvalue weighted by Gasteiger charge is 2.15. The van der Waals surface area contributed by atoms with Gasteiger partial charge in [-0.3, -0.25) is 4.99 Å². The Bertz CT molecular complexity index is 520. The molecule has 1 heterocycles. The van der Waals surface area contributed by atoms with E-state index in [2.05, 4.69) is 74.1 Å². The number of nitrogens with zero attached hydrogens (tertiary/aromatic N) is 2. The number of guanidine groups is 1. The molecule has 4 heteroatoms. The predicted molar refractivity (Wildman–Crippen MR) is 90.0 cm³/mol. The molecule has 0 saturated heterocycles. The van der Waals surface area contributed by atoms with Gasteiger partial charge in [0.15, 0.2) is 5.96 Å². The second-order valence-corrected chi connectivity index (χ2v) is 5.83. The lowest BCUT2D eigenvalue weighted by molar-refractivity contribution is 0.442. The fourth-order valence-electron chi connectivity index (χ4n) is 2.28. The molecule has 0 amide bonds. The molecule has 0 bridgehead atoms. The van der Waals surface area contributed by atoms with Crippen LogP contribution >= 0.6 is 15.9 Å². The van der Waals surface area contributed by atoms with Crippen LogP contribution in [-0.2, 0) is 0 Å². The Balaban J connectivity index is 1.99. The van der Waals surface area contributed by atoms with Crippen LogP contribution in [0.5, 0.6) is 0 Å². The van der Waals surface area contributed by atoms with Crippen LogP contribution in [0.1, 0.15) is 12.0 Å². The number of aliphatic imine (C=N–C) groups is 1. The van der Waals surface area contributed by atoms with Crippen molar-refractivity contribution in [3.05, 3.63) is 53.0 Å². The van der Waals surface area contributed by atoms with Crippen LogP contribution in [0.15, 0.2) is 52.5 Å². The van der Waals surface area contributed by atoms with E-state index in [4.69, 9.17) is 0 Å². The summed E-state index contributed by atoms with van der Waals surface area (Å²) in [6.45, 7) is 6.39. The van der Waals surface area contributed by atoms with Crippen LogP contribution in [0.25, 0.3) is 5.57 Å². The van der Waals surface area contributed by atoms with E-state index in [0.717, 1.165) is 30.0 Å². The highest BCUT2D eigenvalue weighted by molar-refractivity contribution is 9.11. The monoisotopic (exact) mass is 333 g/mol. The third kappa shape index (κ3) is 3.97. The zero-order chi connectivity index (χ0) is 14.4. The van der Waals surface area contributed by atoms with Gasteiger partial charge in [0.2, 0.25) is 0 Å². The quantitative estimate of drug-likeness (QED) is 0.679. The van der Waals surface area contributed by atoms with E-state index < -0.39 is 0 Å². The summed E-state index contributed by atoms with van der Waals surface area (Å²) >= 11 is 3.35. The van der Waals surface area contributed by atoms with Crippen molar-refractivity contribution in [3.63, 3.8) is 0 Å². The normalized spacial score (nSPS) is 15.8. The smallest absolute Gasteiger partial charge is 0.194 e. The molecule has 0 spiro atoms. The second kappa shape index (κ2) is 7.29. The molecule has 1 aliphatic heterocycles. The molecular weight excluding hydrogens is 314 g/mol. The van der Waals surface area contributed by atoms with Crippen LogP contribution in [-0.4, -0.2) is 37.5 Å². The van der Waals surface area contributed by atoms with E-state index in [0.29, 0.717) is 6.54 Å². The largest absolute Gasteiger partial charge is 0.352 e. The van der Waals surface area contributed by atoms with Crippen molar-refractivity contribution in [3.8, 4) is 0 Å². The van der Waals surface area contributed by atoms with Gasteiger partial charge >= 0.3 is 0 Å². The van der Waals surface area contributed by atoms with E-state index in [1.807, 2.05) is 7.05 Å². The van der Waals surface area contributed by atoms with Gasteiger partial charge in [-0.2, -0.15) is 0 Å². The molecule has 0 saturated carbocycles. The zero-order valence-corrected chi connectivity index (χ0v) is 13.4. The van der Waals surface area contributed by atoms with Crippen molar-refractivity contribution in [2.24, 2.45) is 4.99 Å². The van der Waals surface area contributed by atoms with Crippen molar-refractivity contribution in [1.29, 1.82) is 0 Å². The molecule has 0 fully saturated rings. The topological polar surface area (TPSA) is 27.6 Å². The van der Waals surface area contributed by atoms with Gasteiger partial charge in [0.05, 0.1) is 0 Å². The summed E-state index contributed by atoms with van der Waals surface area (Å²) in [7, 11) is 1.82. The molecular formula is C16H20BrN3. The third-order valence-corrected chi connectivity index (χ3v) is 3.58. The van der Waals surface area contributed by atoms with E-state index in [-0.39, 0.29) is 0 Å². The second-order valence-electron chi connectivity index (χ2n) is 4.71. The van der Waals surface area contributed by atoms with Crippen molar-refractivity contribution in [2.45, 2.75) is 6.42 Å². The maximum atomic E-state index is 4.32. The summed E-state index contributed by atoms with van der Waals surface area (Å²) in [5.41, 5.74) is 2.74. The number of hydrogen-bond acceptors (Lipinski definition) is 1. The molecule has 0 radical (unpaired) electrons. The molecule has 1 aromatic rings. The van der Waals surface area contributed by atoms with Crippen molar-refractivity contribution >= 4 is 27.5 Å². The summed E-state index contributed by atoms with van der Waals surface area (Å²) in [6.07, 6.45) is 3.33. The van der Waals surface area contributed by atoms with Crippen LogP contribution in [0.4, 0.5) is 0 Å². The van der Waals surface area contributed by atoms with Gasteiger partial charge < -0.3 is 10.2 Å². The molecule has 0 aliphatic carbocycles. The third-order valence-electron chi connectivity index (χ3n) is 3.30. The highest BCUT2D eigenvalue weighted by atomic mass is 79.9. The van der Waals surface area contributed by atoms with Gasteiger partial charge in [-0.1, -0.05) is 58.9 Å². The number of hydrogen-bond donors (Lipinski definition) is 1. The first-order chi connectivity index (χ1) is 9.70. The minimum absolute atomic E-state index is 0.693. The Morgan fingerprint density at radius 3 is 2.70 bits per heavy atom. The molecule has 3 nitrogen and oxygen atoms in total. The molecule has 1 aliphatic rings. The maximum absolute atomic E-state index is 4.32. The van der Waals surface area contributed by atoms with Crippen molar-refractivity contribution in [2.75, 3.05) is 26.7 Å². The Kier molecular flexibility index (Phi) is 5.41. The van der Waals surface area contributed by atoms with E-state index in [1.54, 1.807) is 0 Å². The highest BCUT2D eigenvalue weighted by Crippen LogP contribution is 2.21. The number of halogens is 1. The fraction of sp³-hybridized carbons (Fsp3) is 0.312. The average molecular weight is 334 g/mol. The van der Waals surface area contributed by atoms with Crippen LogP contribution in [0.3, 0.4) is 0 Å². The summed E-state index contributed by atoms with van der Waals surface area (Å²) in [5, 5.41) is 3.29. The lowest BCUT2D eigenvalue weighted by Gasteiger charge is -2.29. The standard InChI is InChI=1S/C16H20BrN3/c1-13(17)12-19-16(18-2)20-10-8-15(9-11-20)14-6-4-3-5-7-14/h3-8H,1,9-12H2,2H3,(H,18,19). The molecule has 106 valence electrons. The van der Waals surface area contributed by atoms with E-state index in [1.165, 1.54) is 11.1 Å². The van der Waals surface area contributed by atoms with E-state index in [9.17, 15) is 0 Å². The Morgan fingerprint density at radius 1 is 1.40 bits per heavy atom. The summed E-state index contributed by atoms with van der Waals surface area (Å²) in [4.78, 5) is 6.57. The summed E-state index contributed by atoms with van der Waals surface area (Å²) < 4.78 is 0.927. The van der Waals surface area contributed by atoms with Gasteiger partial charge in [-0.25, -0.2) is 0 Å². The minimum Gasteiger partial charge on any atom is -0.352 e. The van der Waals surface area contributed by atoms with Crippen LogP contribution in [0, 0.1) is 0 Å². The predicted octanol–water partition coefficient (Wildman–Crippen LogP) is 3.26. The van der Waals surface area contributed by atoms with Crippen molar-refractivity contribution < 1.29 is 0 Å². The van der Waals surface area contributed by atoms with Crippen LogP contribution < -0.4 is 5.32 Å². The number of rotatable bonds is 3. The molecule has 0 aromatic heterocycles. The Hall–Kier alpha value is -1.55. The van der Waals surface area contributed by atoms with Gasteiger partial charge in [0, 0.05) is 31.2 Å². The van der Waals surface area contributed by atoms with Crippen molar-refractivity contribution in [1.82, 2.24) is 10.2 Å². The first kappa shape index (κ1) is 14.9. The molecule has 1 aromatic carbocycles. The molecule has 2 rings (SSSR count). The molecule has 0 unspecified atom stereocenters. The van der Waals surface area contributed by atoms with Gasteiger partial charge in [0.1, 0.15) is 0 Å². The van der Waals surface area contributed by atoms with Gasteiger partial charge in [-0.05, 0) is 17.6 Å². The lowest BCUT2D eigenvalue weighted by atomic mass is 10.00. The SMILES string of the molecule is C=C(Br)CNC(=NC)N1CC=C(c2ccccc2)CC1. The summed E-state index contributed by atoms with van der Waals surface area (Å²) in [5.74, 6) is 0.925. The van der Waals surface area contributed by atoms with Gasteiger partial charge in [-0.15, -0.1) is 0 Å². The Labute approximate surface area is 129 Å². The molecule has 1 N–H and O–H groups in total. The summed E-state index contributed by atoms with van der Waals surface area (Å²) in [6, 6.07) is 10.6. The van der Waals surface area contributed by atoms with Gasteiger partial charge in [0.25, 0.3) is 0 Å². The number of nitrogens with one attached hydrogen (secondary N) is 1. The first-order valence-corrected chi connectivity index (χ1v) is 7.53. The first-order valence-electron chi connectivity index (χ1n) is 6.74. The molecule has 0 atom stereocenters. The number of benzene rings is 1. The van der Waals surface area contributed by atoms with E-state index >= 15 is 0 Å².